The molecule has 1 aromatic heterocycles. The highest BCUT2D eigenvalue weighted by Crippen LogP contribution is 2.38. The molecule has 2 aromatic carbocycles. The molecule has 3 aromatic rings. The predicted octanol–water partition coefficient (Wildman–Crippen LogP) is 5.39. The second-order valence-corrected chi connectivity index (χ2v) is 9.48. The highest BCUT2D eigenvalue weighted by Gasteiger charge is 2.34. The van der Waals surface area contributed by atoms with Crippen LogP contribution in [0.15, 0.2) is 52.7 Å². The van der Waals surface area contributed by atoms with Crippen LogP contribution in [0.25, 0.3) is 0 Å². The number of nitrogens with zero attached hydrogens (tertiary/aromatic N) is 1. The van der Waals surface area contributed by atoms with Crippen molar-refractivity contribution in [3.05, 3.63) is 64.7 Å². The molecule has 4 N–H and O–H groups in total. The maximum Gasteiger partial charge on any atom is 0.420 e. The van der Waals surface area contributed by atoms with Crippen molar-refractivity contribution >= 4 is 39.0 Å². The summed E-state index contributed by atoms with van der Waals surface area (Å²) in [6, 6.07) is 10.3. The van der Waals surface area contributed by atoms with Crippen molar-refractivity contribution in [3.8, 4) is 5.75 Å². The Hall–Kier alpha value is -2.96. The van der Waals surface area contributed by atoms with Crippen LogP contribution in [0.5, 0.6) is 5.75 Å². The maximum absolute atomic E-state index is 13.5. The molecule has 0 aliphatic heterocycles. The fourth-order valence-corrected chi connectivity index (χ4v) is 4.18. The number of thiazole rings is 1. The number of anilines is 2. The number of aromatic nitrogens is 1. The van der Waals surface area contributed by atoms with Crippen LogP contribution >= 0.6 is 11.3 Å². The number of alkyl halides is 3. The molecule has 1 heterocycles. The van der Waals surface area contributed by atoms with Gasteiger partial charge in [0.25, 0.3) is 5.91 Å². The number of hydrogen-bond acceptors (Lipinski definition) is 6. The molecular weight excluding hydrogens is 501 g/mol. The third-order valence-corrected chi connectivity index (χ3v) is 6.38. The lowest BCUT2D eigenvalue weighted by molar-refractivity contribution is -0.138. The normalized spacial score (nSPS) is 12.3. The van der Waals surface area contributed by atoms with Gasteiger partial charge in [0, 0.05) is 17.6 Å². The molecule has 0 aliphatic rings. The number of halogens is 3. The summed E-state index contributed by atoms with van der Waals surface area (Å²) < 4.78 is 57.2. The molecule has 0 radical (unpaired) electrons. The molecule has 12 heteroatoms. The van der Waals surface area contributed by atoms with Crippen LogP contribution in [0, 0.1) is 0 Å². The molecule has 0 saturated heterocycles. The van der Waals surface area contributed by atoms with Crippen molar-refractivity contribution in [1.29, 1.82) is 0 Å². The van der Waals surface area contributed by atoms with E-state index in [-0.39, 0.29) is 35.4 Å². The van der Waals surface area contributed by atoms with E-state index in [9.17, 15) is 22.2 Å². The Bertz CT molecular complexity index is 1170. The van der Waals surface area contributed by atoms with E-state index < -0.39 is 28.6 Å². The lowest BCUT2D eigenvalue weighted by Crippen LogP contribution is -2.23. The van der Waals surface area contributed by atoms with Gasteiger partial charge >= 0.3 is 6.18 Å². The number of benzene rings is 2. The van der Waals surface area contributed by atoms with Crippen LogP contribution < -0.4 is 20.5 Å². The zero-order valence-corrected chi connectivity index (χ0v) is 20.5. The van der Waals surface area contributed by atoms with Gasteiger partial charge in [0.05, 0.1) is 17.1 Å². The van der Waals surface area contributed by atoms with Crippen molar-refractivity contribution < 1.29 is 26.9 Å². The van der Waals surface area contributed by atoms with Gasteiger partial charge < -0.3 is 15.4 Å². The zero-order valence-electron chi connectivity index (χ0n) is 18.9. The Labute approximate surface area is 207 Å². The van der Waals surface area contributed by atoms with Crippen molar-refractivity contribution in [3.63, 3.8) is 0 Å². The number of carbonyl (C=O) groups is 1. The van der Waals surface area contributed by atoms with Crippen LogP contribution in [0.3, 0.4) is 0 Å². The number of nitrogens with two attached hydrogens (primary N) is 1. The van der Waals surface area contributed by atoms with Crippen LogP contribution in [0.2, 0.25) is 0 Å². The summed E-state index contributed by atoms with van der Waals surface area (Å²) in [6.45, 7) is 2.43. The van der Waals surface area contributed by atoms with E-state index in [0.29, 0.717) is 11.3 Å². The minimum Gasteiger partial charge on any atom is -0.493 e. The number of unbranched alkanes of at least 4 members (excludes halogenated alkanes) is 2. The van der Waals surface area contributed by atoms with E-state index in [1.165, 1.54) is 17.5 Å². The quantitative estimate of drug-likeness (QED) is 0.291. The molecular formula is C23H25F3N4O3S2. The lowest BCUT2D eigenvalue weighted by Gasteiger charge is -2.15. The van der Waals surface area contributed by atoms with Gasteiger partial charge in [0.2, 0.25) is 0 Å². The summed E-state index contributed by atoms with van der Waals surface area (Å²) in [4.78, 5) is 17.0. The highest BCUT2D eigenvalue weighted by atomic mass is 32.2. The molecule has 35 heavy (non-hydrogen) atoms. The van der Waals surface area contributed by atoms with Crippen LogP contribution in [-0.2, 0) is 23.7 Å². The summed E-state index contributed by atoms with van der Waals surface area (Å²) in [5.41, 5.74) is 0.205. The predicted molar refractivity (Wildman–Crippen MR) is 130 cm³/mol. The summed E-state index contributed by atoms with van der Waals surface area (Å²) in [5.74, 6) is -0.656. The van der Waals surface area contributed by atoms with E-state index in [1.807, 2.05) is 6.92 Å². The van der Waals surface area contributed by atoms with Gasteiger partial charge in [-0.15, -0.1) is 11.3 Å². The van der Waals surface area contributed by atoms with Crippen molar-refractivity contribution in [2.45, 2.75) is 43.8 Å². The molecule has 1 atom stereocenters. The molecule has 7 nitrogen and oxygen atoms in total. The average Bonchev–Trinajstić information content (AvgIpc) is 3.29. The van der Waals surface area contributed by atoms with Crippen LogP contribution in [0.4, 0.5) is 24.0 Å². The molecule has 3 rings (SSSR count). The standard InChI is InChI=1S/C23H25F3N4O3S2/c1-2-3-4-11-33-20-10-7-16(12-18(20)23(24,25)26)29-22-30-19(14-34-22)21(31)28-13-15-5-8-17(9-6-15)35(27)32/h5-10,12,14H,2-4,11,13,27H2,1H3,(H,28,31)(H,29,30). The molecule has 0 bridgehead atoms. The minimum atomic E-state index is -4.58. The molecule has 188 valence electrons. The van der Waals surface area contributed by atoms with Crippen LogP contribution in [0.1, 0.15) is 47.8 Å². The van der Waals surface area contributed by atoms with E-state index in [0.717, 1.165) is 35.8 Å². The second-order valence-electron chi connectivity index (χ2n) is 7.55. The highest BCUT2D eigenvalue weighted by molar-refractivity contribution is 7.82. The van der Waals surface area contributed by atoms with Crippen molar-refractivity contribution in [1.82, 2.24) is 10.3 Å². The Morgan fingerprint density at radius 2 is 1.91 bits per heavy atom. The van der Waals surface area contributed by atoms with E-state index in [2.05, 4.69) is 15.6 Å². The smallest absolute Gasteiger partial charge is 0.420 e. The Kier molecular flexibility index (Phi) is 9.24. The minimum absolute atomic E-state index is 0.129. The molecule has 1 amide bonds. The van der Waals surface area contributed by atoms with E-state index in [1.54, 1.807) is 24.3 Å². The number of rotatable bonds is 11. The molecule has 0 fully saturated rings. The van der Waals surface area contributed by atoms with Gasteiger partial charge in [-0.1, -0.05) is 31.9 Å². The molecule has 0 saturated carbocycles. The fraction of sp³-hybridized carbons (Fsp3) is 0.304. The fourth-order valence-electron chi connectivity index (χ4n) is 3.06. The first-order valence-corrected chi connectivity index (χ1v) is 12.9. The molecule has 0 aliphatic carbocycles. The SMILES string of the molecule is CCCCCOc1ccc(Nc2nc(C(=O)NCc3ccc(S(N)=O)cc3)cs2)cc1C(F)(F)F. The third-order valence-electron chi connectivity index (χ3n) is 4.89. The number of hydrogen-bond donors (Lipinski definition) is 3. The first kappa shape index (κ1) is 26.6. The Morgan fingerprint density at radius 3 is 2.57 bits per heavy atom. The summed E-state index contributed by atoms with van der Waals surface area (Å²) in [6.07, 6.45) is -2.08. The summed E-state index contributed by atoms with van der Waals surface area (Å²) >= 11 is 1.09. The van der Waals surface area contributed by atoms with Gasteiger partial charge in [0.1, 0.15) is 22.4 Å². The van der Waals surface area contributed by atoms with Gasteiger partial charge in [-0.2, -0.15) is 13.2 Å². The van der Waals surface area contributed by atoms with Crippen LogP contribution in [-0.4, -0.2) is 21.7 Å². The Morgan fingerprint density at radius 1 is 1.17 bits per heavy atom. The number of nitrogens with one attached hydrogen (secondary N) is 2. The lowest BCUT2D eigenvalue weighted by atomic mass is 10.1. The first-order valence-electron chi connectivity index (χ1n) is 10.8. The topological polar surface area (TPSA) is 106 Å². The van der Waals surface area contributed by atoms with Gasteiger partial charge in [-0.05, 0) is 42.3 Å². The van der Waals surface area contributed by atoms with Crippen molar-refractivity contribution in [2.75, 3.05) is 11.9 Å². The largest absolute Gasteiger partial charge is 0.493 e. The van der Waals surface area contributed by atoms with Gasteiger partial charge in [-0.3, -0.25) is 4.79 Å². The maximum atomic E-state index is 13.5. The van der Waals surface area contributed by atoms with Crippen molar-refractivity contribution in [2.24, 2.45) is 5.14 Å². The first-order chi connectivity index (χ1) is 16.7. The summed E-state index contributed by atoms with van der Waals surface area (Å²) in [5, 5.41) is 12.6. The molecule has 0 spiro atoms. The van der Waals surface area contributed by atoms with E-state index >= 15 is 0 Å². The second kappa shape index (κ2) is 12.1. The molecule has 1 unspecified atom stereocenters. The van der Waals surface area contributed by atoms with Gasteiger partial charge in [-0.25, -0.2) is 14.3 Å². The average molecular weight is 527 g/mol. The third kappa shape index (κ3) is 7.77. The number of ether oxygens (including phenoxy) is 1. The number of amides is 1. The number of carbonyl (C=O) groups excluding carboxylic acids is 1. The zero-order chi connectivity index (χ0) is 25.4. The van der Waals surface area contributed by atoms with Gasteiger partial charge in [0.15, 0.2) is 5.13 Å². The Balaban J connectivity index is 1.63. The summed E-state index contributed by atoms with van der Waals surface area (Å²) in [7, 11) is -1.58. The monoisotopic (exact) mass is 526 g/mol. The van der Waals surface area contributed by atoms with E-state index in [4.69, 9.17) is 9.88 Å².